The predicted molar refractivity (Wildman–Crippen MR) is 55.4 cm³/mol. The Labute approximate surface area is 80.1 Å². The van der Waals surface area contributed by atoms with Crippen LogP contribution < -0.4 is 0 Å². The standard InChI is InChI=1S/C8H9ClS2/c1-2-10-11-8-5-3-4-7(9)6-8/h3-6H,2H2,1H3. The van der Waals surface area contributed by atoms with Crippen molar-refractivity contribution in [1.82, 2.24) is 0 Å². The van der Waals surface area contributed by atoms with E-state index in [4.69, 9.17) is 11.6 Å². The van der Waals surface area contributed by atoms with Gasteiger partial charge in [-0.3, -0.25) is 0 Å². The summed E-state index contributed by atoms with van der Waals surface area (Å²) >= 11 is 5.80. The lowest BCUT2D eigenvalue weighted by molar-refractivity contribution is 1.48. The zero-order valence-corrected chi connectivity index (χ0v) is 8.60. The molecule has 3 heteroatoms. The third-order valence-electron chi connectivity index (χ3n) is 1.07. The molecule has 1 aromatic carbocycles. The predicted octanol–water partition coefficient (Wildman–Crippen LogP) is 4.10. The Kier molecular flexibility index (Phi) is 4.20. The molecule has 0 aliphatic carbocycles. The minimum absolute atomic E-state index is 0.812. The highest BCUT2D eigenvalue weighted by Gasteiger charge is 1.93. The molecular formula is C8H9ClS2. The second-order valence-corrected chi connectivity index (χ2v) is 5.04. The molecule has 0 aliphatic heterocycles. The van der Waals surface area contributed by atoms with Crippen molar-refractivity contribution >= 4 is 33.2 Å². The summed E-state index contributed by atoms with van der Waals surface area (Å²) in [6.45, 7) is 2.14. The summed E-state index contributed by atoms with van der Waals surface area (Å²) in [5.41, 5.74) is 0. The van der Waals surface area contributed by atoms with E-state index in [0.717, 1.165) is 10.8 Å². The fourth-order valence-electron chi connectivity index (χ4n) is 0.646. The van der Waals surface area contributed by atoms with Crippen LogP contribution in [0.5, 0.6) is 0 Å². The van der Waals surface area contributed by atoms with Gasteiger partial charge in [0.15, 0.2) is 0 Å². The molecule has 0 atom stereocenters. The van der Waals surface area contributed by atoms with Crippen LogP contribution in [0.3, 0.4) is 0 Å². The minimum Gasteiger partial charge on any atom is -0.0892 e. The Morgan fingerprint density at radius 2 is 2.27 bits per heavy atom. The first-order chi connectivity index (χ1) is 5.33. The van der Waals surface area contributed by atoms with Crippen LogP contribution in [0.1, 0.15) is 6.92 Å². The molecule has 0 unspecified atom stereocenters. The monoisotopic (exact) mass is 204 g/mol. The summed E-state index contributed by atoms with van der Waals surface area (Å²) in [7, 11) is 3.59. The molecule has 0 aromatic heterocycles. The lowest BCUT2D eigenvalue weighted by Crippen LogP contribution is -1.67. The van der Waals surface area contributed by atoms with E-state index in [1.165, 1.54) is 4.90 Å². The summed E-state index contributed by atoms with van der Waals surface area (Å²) in [6.07, 6.45) is 0. The van der Waals surface area contributed by atoms with Gasteiger partial charge in [-0.25, -0.2) is 0 Å². The van der Waals surface area contributed by atoms with Crippen LogP contribution in [-0.2, 0) is 0 Å². The van der Waals surface area contributed by atoms with Crippen molar-refractivity contribution < 1.29 is 0 Å². The third kappa shape index (κ3) is 3.41. The van der Waals surface area contributed by atoms with Gasteiger partial charge in [0.1, 0.15) is 0 Å². The first-order valence-electron chi connectivity index (χ1n) is 3.38. The van der Waals surface area contributed by atoms with Gasteiger partial charge in [-0.2, -0.15) is 0 Å². The van der Waals surface area contributed by atoms with Crippen molar-refractivity contribution in [3.63, 3.8) is 0 Å². The lowest BCUT2D eigenvalue weighted by Gasteiger charge is -1.97. The lowest BCUT2D eigenvalue weighted by atomic mass is 10.4. The largest absolute Gasteiger partial charge is 0.0892 e. The molecule has 0 saturated carbocycles. The maximum absolute atomic E-state index is 5.80. The van der Waals surface area contributed by atoms with Crippen LogP contribution in [0.4, 0.5) is 0 Å². The molecule has 11 heavy (non-hydrogen) atoms. The number of halogens is 1. The number of hydrogen-bond donors (Lipinski definition) is 0. The molecule has 60 valence electrons. The summed E-state index contributed by atoms with van der Waals surface area (Å²) in [5.74, 6) is 1.12. The van der Waals surface area contributed by atoms with Gasteiger partial charge in [0, 0.05) is 15.7 Å². The van der Waals surface area contributed by atoms with Gasteiger partial charge in [0.05, 0.1) is 0 Å². The number of benzene rings is 1. The summed E-state index contributed by atoms with van der Waals surface area (Å²) in [6, 6.07) is 7.91. The fourth-order valence-corrected chi connectivity index (χ4v) is 2.54. The van der Waals surface area contributed by atoms with Crippen LogP contribution in [0.25, 0.3) is 0 Å². The highest BCUT2D eigenvalue weighted by molar-refractivity contribution is 8.76. The normalized spacial score (nSPS) is 10.0. The molecule has 0 heterocycles. The van der Waals surface area contributed by atoms with Crippen LogP contribution >= 0.6 is 33.2 Å². The molecule has 1 rings (SSSR count). The smallest absolute Gasteiger partial charge is 0.0417 e. The Bertz CT molecular complexity index is 225. The van der Waals surface area contributed by atoms with Gasteiger partial charge in [-0.05, 0) is 18.2 Å². The van der Waals surface area contributed by atoms with E-state index >= 15 is 0 Å². The molecular weight excluding hydrogens is 196 g/mol. The van der Waals surface area contributed by atoms with Gasteiger partial charge < -0.3 is 0 Å². The van der Waals surface area contributed by atoms with E-state index in [-0.39, 0.29) is 0 Å². The zero-order valence-electron chi connectivity index (χ0n) is 6.21. The first-order valence-corrected chi connectivity index (χ1v) is 6.07. The zero-order chi connectivity index (χ0) is 8.10. The van der Waals surface area contributed by atoms with Crippen LogP contribution in [0.2, 0.25) is 5.02 Å². The Balaban J connectivity index is 2.56. The molecule has 0 amide bonds. The number of hydrogen-bond acceptors (Lipinski definition) is 2. The van der Waals surface area contributed by atoms with Crippen molar-refractivity contribution in [3.8, 4) is 0 Å². The molecule has 1 aromatic rings. The maximum Gasteiger partial charge on any atom is 0.0417 e. The quantitative estimate of drug-likeness (QED) is 0.680. The molecule has 0 bridgehead atoms. The molecule has 0 spiro atoms. The second kappa shape index (κ2) is 4.96. The van der Waals surface area contributed by atoms with E-state index < -0.39 is 0 Å². The molecule has 0 saturated heterocycles. The van der Waals surface area contributed by atoms with Gasteiger partial charge in [-0.15, -0.1) is 0 Å². The summed E-state index contributed by atoms with van der Waals surface area (Å²) in [5, 5.41) is 0.812. The highest BCUT2D eigenvalue weighted by Crippen LogP contribution is 2.31. The number of rotatable bonds is 3. The third-order valence-corrected chi connectivity index (χ3v) is 3.74. The topological polar surface area (TPSA) is 0 Å². The van der Waals surface area contributed by atoms with Crippen molar-refractivity contribution in [2.45, 2.75) is 11.8 Å². The molecule has 0 radical (unpaired) electrons. The highest BCUT2D eigenvalue weighted by atomic mass is 35.5. The average Bonchev–Trinajstić information content (AvgIpc) is 2.01. The van der Waals surface area contributed by atoms with Crippen molar-refractivity contribution in [3.05, 3.63) is 29.3 Å². The summed E-state index contributed by atoms with van der Waals surface area (Å²) < 4.78 is 0. The molecule has 0 fully saturated rings. The summed E-state index contributed by atoms with van der Waals surface area (Å²) in [4.78, 5) is 1.23. The Morgan fingerprint density at radius 3 is 2.91 bits per heavy atom. The maximum atomic E-state index is 5.80. The second-order valence-electron chi connectivity index (χ2n) is 1.95. The van der Waals surface area contributed by atoms with E-state index in [1.807, 2.05) is 29.0 Å². The first kappa shape index (κ1) is 9.30. The van der Waals surface area contributed by atoms with E-state index in [1.54, 1.807) is 10.8 Å². The fraction of sp³-hybridized carbons (Fsp3) is 0.250. The van der Waals surface area contributed by atoms with Crippen LogP contribution in [-0.4, -0.2) is 5.75 Å². The molecule has 0 nitrogen and oxygen atoms in total. The van der Waals surface area contributed by atoms with Crippen molar-refractivity contribution in [1.29, 1.82) is 0 Å². The molecule has 0 N–H and O–H groups in total. The Morgan fingerprint density at radius 1 is 1.45 bits per heavy atom. The average molecular weight is 205 g/mol. The SMILES string of the molecule is CCSSc1cccc(Cl)c1. The van der Waals surface area contributed by atoms with Crippen molar-refractivity contribution in [2.24, 2.45) is 0 Å². The van der Waals surface area contributed by atoms with E-state index in [2.05, 4.69) is 13.0 Å². The van der Waals surface area contributed by atoms with Crippen LogP contribution in [0.15, 0.2) is 29.2 Å². The molecule has 0 aliphatic rings. The van der Waals surface area contributed by atoms with E-state index in [9.17, 15) is 0 Å². The Hall–Kier alpha value is 0.210. The van der Waals surface area contributed by atoms with Gasteiger partial charge in [0.2, 0.25) is 0 Å². The van der Waals surface area contributed by atoms with E-state index in [0.29, 0.717) is 0 Å². The van der Waals surface area contributed by atoms with Crippen LogP contribution in [0, 0.1) is 0 Å². The van der Waals surface area contributed by atoms with Gasteiger partial charge >= 0.3 is 0 Å². The van der Waals surface area contributed by atoms with Gasteiger partial charge in [-0.1, -0.05) is 46.2 Å². The van der Waals surface area contributed by atoms with Crippen molar-refractivity contribution in [2.75, 3.05) is 5.75 Å². The van der Waals surface area contributed by atoms with Gasteiger partial charge in [0.25, 0.3) is 0 Å². The minimum atomic E-state index is 0.812.